The summed E-state index contributed by atoms with van der Waals surface area (Å²) in [7, 11) is 0. The van der Waals surface area contributed by atoms with Crippen molar-refractivity contribution in [3.8, 4) is 0 Å². The number of nitrogens with one attached hydrogen (secondary N) is 1. The largest absolute Gasteiger partial charge is 0.394 e. The molecule has 0 saturated heterocycles. The number of anilines is 2. The minimum Gasteiger partial charge on any atom is -0.394 e. The number of carbonyl (C=O) groups is 1. The van der Waals surface area contributed by atoms with Gasteiger partial charge in [0.05, 0.1) is 12.7 Å². The molecule has 100 valence electrons. The highest BCUT2D eigenvalue weighted by molar-refractivity contribution is 5.89. The highest BCUT2D eigenvalue weighted by Crippen LogP contribution is 2.19. The molecule has 3 N–H and O–H groups in total. The van der Waals surface area contributed by atoms with E-state index in [4.69, 9.17) is 5.11 Å². The third-order valence-corrected chi connectivity index (χ3v) is 2.56. The number of rotatable bonds is 6. The zero-order valence-electron chi connectivity index (χ0n) is 10.8. The fourth-order valence-corrected chi connectivity index (χ4v) is 1.71. The highest BCUT2D eigenvalue weighted by Gasteiger charge is 2.10. The molecule has 18 heavy (non-hydrogen) atoms. The Hall–Kier alpha value is -1.59. The van der Waals surface area contributed by atoms with E-state index in [2.05, 4.69) is 5.32 Å². The van der Waals surface area contributed by atoms with E-state index < -0.39 is 6.10 Å². The van der Waals surface area contributed by atoms with Crippen molar-refractivity contribution < 1.29 is 15.0 Å². The third kappa shape index (κ3) is 4.35. The molecule has 0 aromatic heterocycles. The molecule has 0 aliphatic heterocycles. The van der Waals surface area contributed by atoms with E-state index in [-0.39, 0.29) is 12.5 Å². The Labute approximate surface area is 107 Å². The molecule has 5 nitrogen and oxygen atoms in total. The first kappa shape index (κ1) is 14.5. The van der Waals surface area contributed by atoms with Gasteiger partial charge in [0.15, 0.2) is 0 Å². The van der Waals surface area contributed by atoms with Crippen molar-refractivity contribution in [2.45, 2.75) is 20.0 Å². The Morgan fingerprint density at radius 1 is 1.50 bits per heavy atom. The molecule has 1 aromatic rings. The fraction of sp³-hybridized carbons (Fsp3) is 0.462. The summed E-state index contributed by atoms with van der Waals surface area (Å²) in [5.74, 6) is -0.120. The molecule has 0 heterocycles. The van der Waals surface area contributed by atoms with Gasteiger partial charge in [0, 0.05) is 31.4 Å². The molecule has 1 rings (SSSR count). The second-order valence-corrected chi connectivity index (χ2v) is 4.11. The molecular weight excluding hydrogens is 232 g/mol. The van der Waals surface area contributed by atoms with Crippen LogP contribution < -0.4 is 10.2 Å². The highest BCUT2D eigenvalue weighted by atomic mass is 16.3. The van der Waals surface area contributed by atoms with Crippen LogP contribution in [0.25, 0.3) is 0 Å². The second-order valence-electron chi connectivity index (χ2n) is 4.11. The van der Waals surface area contributed by atoms with Gasteiger partial charge < -0.3 is 20.4 Å². The lowest BCUT2D eigenvalue weighted by atomic mass is 10.2. The van der Waals surface area contributed by atoms with Gasteiger partial charge in [-0.3, -0.25) is 4.79 Å². The van der Waals surface area contributed by atoms with Gasteiger partial charge in [-0.2, -0.15) is 0 Å². The van der Waals surface area contributed by atoms with E-state index in [0.717, 1.165) is 11.4 Å². The molecule has 0 aliphatic carbocycles. The fourth-order valence-electron chi connectivity index (χ4n) is 1.71. The van der Waals surface area contributed by atoms with Crippen molar-refractivity contribution in [3.05, 3.63) is 24.3 Å². The van der Waals surface area contributed by atoms with Gasteiger partial charge in [-0.15, -0.1) is 0 Å². The van der Waals surface area contributed by atoms with Gasteiger partial charge in [0.25, 0.3) is 0 Å². The van der Waals surface area contributed by atoms with Gasteiger partial charge in [-0.25, -0.2) is 0 Å². The molecule has 0 unspecified atom stereocenters. The molecule has 1 aromatic carbocycles. The summed E-state index contributed by atoms with van der Waals surface area (Å²) in [4.78, 5) is 12.9. The van der Waals surface area contributed by atoms with Crippen LogP contribution in [0, 0.1) is 0 Å². The quantitative estimate of drug-likeness (QED) is 0.701. The normalized spacial score (nSPS) is 12.0. The van der Waals surface area contributed by atoms with E-state index in [9.17, 15) is 9.90 Å². The van der Waals surface area contributed by atoms with Crippen molar-refractivity contribution >= 4 is 17.3 Å². The van der Waals surface area contributed by atoms with Crippen LogP contribution in [0.1, 0.15) is 13.8 Å². The summed E-state index contributed by atoms with van der Waals surface area (Å²) in [5, 5.41) is 21.1. The number of aliphatic hydroxyl groups is 2. The number of nitrogens with zero attached hydrogens (tertiary/aromatic N) is 1. The Morgan fingerprint density at radius 2 is 2.22 bits per heavy atom. The van der Waals surface area contributed by atoms with E-state index in [0.29, 0.717) is 13.1 Å². The lowest BCUT2D eigenvalue weighted by Crippen LogP contribution is -2.34. The number of likely N-dealkylation sites (N-methyl/N-ethyl adjacent to an activating group) is 1. The molecule has 0 spiro atoms. The molecule has 0 aliphatic rings. The maximum atomic E-state index is 11.0. The molecule has 5 heteroatoms. The maximum Gasteiger partial charge on any atom is 0.221 e. The summed E-state index contributed by atoms with van der Waals surface area (Å²) >= 11 is 0. The SMILES string of the molecule is CCN(C[C@@H](O)CO)c1cccc(NC(C)=O)c1. The molecule has 1 amide bonds. The van der Waals surface area contributed by atoms with Crippen LogP contribution in [0.5, 0.6) is 0 Å². The molecule has 0 bridgehead atoms. The third-order valence-electron chi connectivity index (χ3n) is 2.56. The molecule has 0 radical (unpaired) electrons. The van der Waals surface area contributed by atoms with Crippen molar-refractivity contribution in [3.63, 3.8) is 0 Å². The minimum atomic E-state index is -0.769. The van der Waals surface area contributed by atoms with Gasteiger partial charge >= 0.3 is 0 Å². The van der Waals surface area contributed by atoms with Crippen LogP contribution in [0.2, 0.25) is 0 Å². The number of hydrogen-bond acceptors (Lipinski definition) is 4. The van der Waals surface area contributed by atoms with Crippen molar-refractivity contribution in [1.82, 2.24) is 0 Å². The second kappa shape index (κ2) is 6.98. The molecule has 0 fully saturated rings. The van der Waals surface area contributed by atoms with Crippen LogP contribution in [0.3, 0.4) is 0 Å². The summed E-state index contributed by atoms with van der Waals surface area (Å²) in [5.41, 5.74) is 1.62. The first-order valence-electron chi connectivity index (χ1n) is 5.98. The molecule has 0 saturated carbocycles. The Bertz CT molecular complexity index is 396. The van der Waals surface area contributed by atoms with E-state index in [1.54, 1.807) is 6.07 Å². The number of aliphatic hydroxyl groups excluding tert-OH is 2. The number of carbonyl (C=O) groups excluding carboxylic acids is 1. The van der Waals surface area contributed by atoms with Gasteiger partial charge in [0.2, 0.25) is 5.91 Å². The summed E-state index contributed by atoms with van der Waals surface area (Å²) in [6.45, 7) is 4.23. The number of benzene rings is 1. The predicted octanol–water partition coefficient (Wildman–Crippen LogP) is 0.825. The van der Waals surface area contributed by atoms with Crippen LogP contribution >= 0.6 is 0 Å². The van der Waals surface area contributed by atoms with Crippen molar-refractivity contribution in [2.75, 3.05) is 29.9 Å². The minimum absolute atomic E-state index is 0.120. The van der Waals surface area contributed by atoms with Crippen LogP contribution in [0.4, 0.5) is 11.4 Å². The zero-order valence-corrected chi connectivity index (χ0v) is 10.8. The first-order valence-corrected chi connectivity index (χ1v) is 5.98. The summed E-state index contributed by atoms with van der Waals surface area (Å²) in [6, 6.07) is 7.39. The van der Waals surface area contributed by atoms with Gasteiger partial charge in [-0.05, 0) is 25.1 Å². The Balaban J connectivity index is 2.82. The average Bonchev–Trinajstić information content (AvgIpc) is 2.35. The standard InChI is InChI=1S/C13H20N2O3/c1-3-15(8-13(18)9-16)12-6-4-5-11(7-12)14-10(2)17/h4-7,13,16,18H,3,8-9H2,1-2H3,(H,14,17)/t13-/m1/s1. The average molecular weight is 252 g/mol. The van der Waals surface area contributed by atoms with Crippen molar-refractivity contribution in [2.24, 2.45) is 0 Å². The van der Waals surface area contributed by atoms with Crippen LogP contribution in [-0.2, 0) is 4.79 Å². The Kier molecular flexibility index (Phi) is 5.61. The summed E-state index contributed by atoms with van der Waals surface area (Å²) < 4.78 is 0. The zero-order chi connectivity index (χ0) is 13.5. The van der Waals surface area contributed by atoms with Crippen LogP contribution in [-0.4, -0.2) is 41.9 Å². The van der Waals surface area contributed by atoms with Gasteiger partial charge in [-0.1, -0.05) is 6.07 Å². The maximum absolute atomic E-state index is 11.0. The number of amides is 1. The lowest BCUT2D eigenvalue weighted by Gasteiger charge is -2.25. The monoisotopic (exact) mass is 252 g/mol. The lowest BCUT2D eigenvalue weighted by molar-refractivity contribution is -0.114. The van der Waals surface area contributed by atoms with Crippen molar-refractivity contribution in [1.29, 1.82) is 0 Å². The van der Waals surface area contributed by atoms with Gasteiger partial charge in [0.1, 0.15) is 0 Å². The topological polar surface area (TPSA) is 72.8 Å². The molecule has 1 atom stereocenters. The van der Waals surface area contributed by atoms with E-state index in [1.165, 1.54) is 6.92 Å². The van der Waals surface area contributed by atoms with E-state index >= 15 is 0 Å². The predicted molar refractivity (Wildman–Crippen MR) is 71.7 cm³/mol. The number of hydrogen-bond donors (Lipinski definition) is 3. The smallest absolute Gasteiger partial charge is 0.221 e. The van der Waals surface area contributed by atoms with Crippen LogP contribution in [0.15, 0.2) is 24.3 Å². The summed E-state index contributed by atoms with van der Waals surface area (Å²) in [6.07, 6.45) is -0.769. The first-order chi connectivity index (χ1) is 8.56. The Morgan fingerprint density at radius 3 is 2.78 bits per heavy atom. The van der Waals surface area contributed by atoms with E-state index in [1.807, 2.05) is 30.0 Å². The molecular formula is C13H20N2O3.